The van der Waals surface area contributed by atoms with E-state index in [9.17, 15) is 14.4 Å². The molecule has 9 heteroatoms. The normalized spacial score (nSPS) is 17.4. The summed E-state index contributed by atoms with van der Waals surface area (Å²) in [5.41, 5.74) is 3.63. The Kier molecular flexibility index (Phi) is 9.62. The Balaban J connectivity index is 1.21. The molecule has 0 bridgehead atoms. The lowest BCUT2D eigenvalue weighted by Gasteiger charge is -2.29. The van der Waals surface area contributed by atoms with Crippen molar-refractivity contribution in [1.29, 1.82) is 0 Å². The summed E-state index contributed by atoms with van der Waals surface area (Å²) < 4.78 is 5.33. The summed E-state index contributed by atoms with van der Waals surface area (Å²) in [5, 5.41) is 8.91. The van der Waals surface area contributed by atoms with Crippen LogP contribution in [0.1, 0.15) is 52.0 Å². The van der Waals surface area contributed by atoms with Crippen molar-refractivity contribution in [1.82, 2.24) is 20.6 Å². The highest BCUT2D eigenvalue weighted by Gasteiger charge is 2.30. The number of hydrogen-bond donors (Lipinski definition) is 4. The average Bonchev–Trinajstić information content (AvgIpc) is 3.44. The third kappa shape index (κ3) is 8.46. The second-order valence-corrected chi connectivity index (χ2v) is 12.5. The van der Waals surface area contributed by atoms with E-state index in [1.165, 1.54) is 0 Å². The van der Waals surface area contributed by atoms with E-state index in [-0.39, 0.29) is 23.7 Å². The number of imidazole rings is 1. The molecule has 0 unspecified atom stereocenters. The summed E-state index contributed by atoms with van der Waals surface area (Å²) in [6.45, 7) is 6.03. The number of benzene rings is 3. The van der Waals surface area contributed by atoms with Gasteiger partial charge in [0.15, 0.2) is 0 Å². The quantitative estimate of drug-likeness (QED) is 0.183. The summed E-state index contributed by atoms with van der Waals surface area (Å²) in [5.74, 6) is 0.468. The monoisotopic (exact) mass is 595 g/mol. The maximum atomic E-state index is 13.6. The molecule has 4 aromatic rings. The molecule has 230 valence electrons. The number of amides is 3. The summed E-state index contributed by atoms with van der Waals surface area (Å²) in [7, 11) is 0. The Labute approximate surface area is 258 Å². The first-order valence-electron chi connectivity index (χ1n) is 15.3. The van der Waals surface area contributed by atoms with Crippen molar-refractivity contribution in [3.05, 3.63) is 84.4 Å². The topological polar surface area (TPSA) is 125 Å². The zero-order chi connectivity index (χ0) is 31.1. The van der Waals surface area contributed by atoms with Crippen LogP contribution >= 0.6 is 0 Å². The van der Waals surface area contributed by atoms with E-state index >= 15 is 0 Å². The van der Waals surface area contributed by atoms with Gasteiger partial charge < -0.3 is 25.7 Å². The van der Waals surface area contributed by atoms with Gasteiger partial charge in [0.05, 0.1) is 11.0 Å². The molecule has 1 atom stereocenters. The number of aromatic nitrogens is 2. The van der Waals surface area contributed by atoms with Gasteiger partial charge in [0.2, 0.25) is 11.8 Å². The van der Waals surface area contributed by atoms with Gasteiger partial charge in [-0.3, -0.25) is 9.59 Å². The van der Waals surface area contributed by atoms with Crippen LogP contribution < -0.4 is 16.0 Å². The molecule has 9 nitrogen and oxygen atoms in total. The Hall–Kier alpha value is -4.66. The van der Waals surface area contributed by atoms with E-state index < -0.39 is 17.7 Å². The van der Waals surface area contributed by atoms with Crippen molar-refractivity contribution in [2.45, 2.75) is 64.5 Å². The third-order valence-corrected chi connectivity index (χ3v) is 7.86. The van der Waals surface area contributed by atoms with Crippen LogP contribution in [-0.2, 0) is 20.7 Å². The van der Waals surface area contributed by atoms with E-state index in [0.717, 1.165) is 40.8 Å². The molecule has 0 saturated heterocycles. The lowest BCUT2D eigenvalue weighted by Crippen LogP contribution is -2.48. The number of aromatic amines is 1. The van der Waals surface area contributed by atoms with Gasteiger partial charge in [-0.1, -0.05) is 60.7 Å². The van der Waals surface area contributed by atoms with Gasteiger partial charge in [-0.2, -0.15) is 0 Å². The number of nitrogens with zero attached hydrogens (tertiary/aromatic N) is 1. The fourth-order valence-electron chi connectivity index (χ4n) is 5.57. The average molecular weight is 596 g/mol. The van der Waals surface area contributed by atoms with Crippen LogP contribution in [0.4, 0.5) is 10.5 Å². The highest BCUT2D eigenvalue weighted by atomic mass is 16.6. The van der Waals surface area contributed by atoms with Gasteiger partial charge in [-0.05, 0) is 76.1 Å². The molecule has 4 N–H and O–H groups in total. The Morgan fingerprint density at radius 3 is 2.30 bits per heavy atom. The smallest absolute Gasteiger partial charge is 0.407 e. The number of hydrogen-bond acceptors (Lipinski definition) is 5. The lowest BCUT2D eigenvalue weighted by atomic mass is 9.81. The van der Waals surface area contributed by atoms with Gasteiger partial charge in [0.25, 0.3) is 0 Å². The van der Waals surface area contributed by atoms with Crippen LogP contribution in [0, 0.1) is 11.8 Å². The fourth-order valence-corrected chi connectivity index (χ4v) is 5.57. The molecule has 0 aliphatic heterocycles. The summed E-state index contributed by atoms with van der Waals surface area (Å²) in [6.07, 6.45) is 2.99. The molecule has 1 heterocycles. The van der Waals surface area contributed by atoms with Crippen LogP contribution in [0.5, 0.6) is 0 Å². The van der Waals surface area contributed by atoms with Crippen molar-refractivity contribution >= 4 is 34.6 Å². The third-order valence-electron chi connectivity index (χ3n) is 7.86. The molecule has 44 heavy (non-hydrogen) atoms. The molecule has 0 radical (unpaired) electrons. The molecule has 3 aromatic carbocycles. The van der Waals surface area contributed by atoms with Crippen LogP contribution in [0.2, 0.25) is 0 Å². The van der Waals surface area contributed by atoms with Crippen molar-refractivity contribution in [3.8, 4) is 11.4 Å². The van der Waals surface area contributed by atoms with Gasteiger partial charge in [0, 0.05) is 30.1 Å². The number of rotatable bonds is 9. The van der Waals surface area contributed by atoms with Crippen molar-refractivity contribution in [3.63, 3.8) is 0 Å². The zero-order valence-electron chi connectivity index (χ0n) is 25.6. The van der Waals surface area contributed by atoms with Crippen LogP contribution in [0.25, 0.3) is 22.4 Å². The first kappa shape index (κ1) is 30.8. The Bertz CT molecular complexity index is 1570. The largest absolute Gasteiger partial charge is 0.444 e. The molecule has 1 aromatic heterocycles. The predicted molar refractivity (Wildman–Crippen MR) is 172 cm³/mol. The highest BCUT2D eigenvalue weighted by Crippen LogP contribution is 2.29. The number of carbonyl (C=O) groups is 3. The van der Waals surface area contributed by atoms with Crippen molar-refractivity contribution in [2.24, 2.45) is 11.8 Å². The van der Waals surface area contributed by atoms with Crippen LogP contribution in [0.15, 0.2) is 78.9 Å². The van der Waals surface area contributed by atoms with Crippen molar-refractivity contribution in [2.75, 3.05) is 11.9 Å². The SMILES string of the molecule is CC(C)(C)OC(=O)NCC1CCC(C(=O)N[C@@H](Cc2ccccc2)C(=O)Nc2ccc3nc(-c4ccccc4)[nH]c3c2)CC1. The summed E-state index contributed by atoms with van der Waals surface area (Å²) in [6, 6.07) is 24.4. The minimum absolute atomic E-state index is 0.115. The lowest BCUT2D eigenvalue weighted by molar-refractivity contribution is -0.130. The Morgan fingerprint density at radius 2 is 1.61 bits per heavy atom. The second kappa shape index (κ2) is 13.8. The first-order chi connectivity index (χ1) is 21.1. The van der Waals surface area contributed by atoms with Gasteiger partial charge in [-0.15, -0.1) is 0 Å². The number of nitrogens with one attached hydrogen (secondary N) is 4. The minimum Gasteiger partial charge on any atom is -0.444 e. The summed E-state index contributed by atoms with van der Waals surface area (Å²) >= 11 is 0. The fraction of sp³-hybridized carbons (Fsp3) is 0.371. The molecule has 1 aliphatic rings. The van der Waals surface area contributed by atoms with Gasteiger partial charge >= 0.3 is 6.09 Å². The Morgan fingerprint density at radius 1 is 0.932 bits per heavy atom. The molecule has 5 rings (SSSR count). The molecular weight excluding hydrogens is 554 g/mol. The number of carbonyl (C=O) groups excluding carboxylic acids is 3. The number of ether oxygens (including phenoxy) is 1. The van der Waals surface area contributed by atoms with E-state index in [0.29, 0.717) is 31.5 Å². The predicted octanol–water partition coefficient (Wildman–Crippen LogP) is 6.23. The second-order valence-electron chi connectivity index (χ2n) is 12.5. The number of H-pyrrole nitrogens is 1. The molecule has 3 amide bonds. The van der Waals surface area contributed by atoms with E-state index in [2.05, 4.69) is 25.9 Å². The standard InChI is InChI=1S/C35H41N5O4/c1-35(2,3)44-34(43)36-22-24-14-16-26(17-15-24)32(41)40-30(20-23-10-6-4-7-11-23)33(42)37-27-18-19-28-29(21-27)39-31(38-28)25-12-8-5-9-13-25/h4-13,18-19,21,24,26,30H,14-17,20,22H2,1-3H3,(H,36,43)(H,37,42)(H,38,39)(H,40,41)/t24?,26?,30-/m0/s1. The van der Waals surface area contributed by atoms with Crippen molar-refractivity contribution < 1.29 is 19.1 Å². The molecule has 1 aliphatic carbocycles. The van der Waals surface area contributed by atoms with Crippen LogP contribution in [0.3, 0.4) is 0 Å². The van der Waals surface area contributed by atoms with Gasteiger partial charge in [0.1, 0.15) is 17.5 Å². The van der Waals surface area contributed by atoms with E-state index in [4.69, 9.17) is 4.74 Å². The zero-order valence-corrected chi connectivity index (χ0v) is 25.6. The van der Waals surface area contributed by atoms with E-state index in [1.54, 1.807) is 0 Å². The molecular formula is C35H41N5O4. The maximum absolute atomic E-state index is 13.6. The highest BCUT2D eigenvalue weighted by molar-refractivity contribution is 5.99. The minimum atomic E-state index is -0.742. The number of fused-ring (bicyclic) bond motifs is 1. The number of anilines is 1. The summed E-state index contributed by atoms with van der Waals surface area (Å²) in [4.78, 5) is 47.0. The maximum Gasteiger partial charge on any atom is 0.407 e. The van der Waals surface area contributed by atoms with Gasteiger partial charge in [-0.25, -0.2) is 9.78 Å². The van der Waals surface area contributed by atoms with Crippen LogP contribution in [-0.4, -0.2) is 46.1 Å². The number of alkyl carbamates (subject to hydrolysis) is 1. The first-order valence-corrected chi connectivity index (χ1v) is 15.3. The molecule has 1 saturated carbocycles. The molecule has 1 fully saturated rings. The van der Waals surface area contributed by atoms with E-state index in [1.807, 2.05) is 99.6 Å². The molecule has 0 spiro atoms.